The molecule has 4 nitrogen and oxygen atoms in total. The molecule has 0 spiro atoms. The molecule has 1 heterocycles. The van der Waals surface area contributed by atoms with Crippen LogP contribution in [0.5, 0.6) is 0 Å². The van der Waals surface area contributed by atoms with Crippen LogP contribution in [0.1, 0.15) is 49.5 Å². The van der Waals surface area contributed by atoms with E-state index in [-0.39, 0.29) is 11.9 Å². The summed E-state index contributed by atoms with van der Waals surface area (Å²) in [5, 5.41) is 3.88. The van der Waals surface area contributed by atoms with Gasteiger partial charge in [0.25, 0.3) is 0 Å². The fourth-order valence-corrected chi connectivity index (χ4v) is 1.87. The van der Waals surface area contributed by atoms with Crippen LogP contribution in [-0.2, 0) is 6.42 Å². The minimum atomic E-state index is -0.263. The molecule has 2 aromatic rings. The number of aromatic nitrogens is 2. The molecule has 1 atom stereocenters. The zero-order chi connectivity index (χ0) is 13.7. The Morgan fingerprint density at radius 2 is 2.26 bits per heavy atom. The molecular formula is C14H18FN3O. The lowest BCUT2D eigenvalue weighted by atomic mass is 10.1. The highest BCUT2D eigenvalue weighted by Crippen LogP contribution is 2.16. The second-order valence-electron chi connectivity index (χ2n) is 4.60. The van der Waals surface area contributed by atoms with E-state index in [2.05, 4.69) is 17.1 Å². The number of nitrogens with two attached hydrogens (primary N) is 1. The van der Waals surface area contributed by atoms with Crippen molar-refractivity contribution in [2.24, 2.45) is 5.73 Å². The maximum absolute atomic E-state index is 13.1. The van der Waals surface area contributed by atoms with Crippen LogP contribution < -0.4 is 5.73 Å². The molecule has 19 heavy (non-hydrogen) atoms. The van der Waals surface area contributed by atoms with E-state index in [9.17, 15) is 4.39 Å². The minimum absolute atomic E-state index is 0.214. The highest BCUT2D eigenvalue weighted by Gasteiger charge is 2.14. The van der Waals surface area contributed by atoms with Gasteiger partial charge in [-0.3, -0.25) is 0 Å². The van der Waals surface area contributed by atoms with Crippen LogP contribution in [0.15, 0.2) is 28.8 Å². The molecular weight excluding hydrogens is 245 g/mol. The highest BCUT2D eigenvalue weighted by atomic mass is 19.1. The first-order valence-electron chi connectivity index (χ1n) is 6.51. The van der Waals surface area contributed by atoms with Crippen molar-refractivity contribution in [3.05, 3.63) is 47.4 Å². The Labute approximate surface area is 111 Å². The van der Waals surface area contributed by atoms with Gasteiger partial charge in [0.15, 0.2) is 5.82 Å². The van der Waals surface area contributed by atoms with Crippen LogP contribution in [0.25, 0.3) is 0 Å². The summed E-state index contributed by atoms with van der Waals surface area (Å²) in [5.74, 6) is 0.730. The molecule has 2 N–H and O–H groups in total. The Bertz CT molecular complexity index is 527. The molecule has 0 aliphatic heterocycles. The van der Waals surface area contributed by atoms with Crippen LogP contribution in [0.4, 0.5) is 4.39 Å². The molecule has 0 radical (unpaired) electrons. The minimum Gasteiger partial charge on any atom is -0.338 e. The first-order chi connectivity index (χ1) is 9.19. The van der Waals surface area contributed by atoms with Crippen LogP contribution in [0.2, 0.25) is 0 Å². The Kier molecular flexibility index (Phi) is 4.63. The predicted octanol–water partition coefficient (Wildman–Crippen LogP) is 2.99. The number of hydrogen-bond donors (Lipinski definition) is 1. The third-order valence-corrected chi connectivity index (χ3v) is 2.92. The lowest BCUT2D eigenvalue weighted by Gasteiger charge is -2.03. The van der Waals surface area contributed by atoms with Crippen molar-refractivity contribution in [2.45, 2.75) is 38.6 Å². The van der Waals surface area contributed by atoms with Gasteiger partial charge in [-0.25, -0.2) is 4.39 Å². The standard InChI is InChI=1S/C14H18FN3O/c1-2-3-7-12(16)14-17-13(18-19-14)9-10-5-4-6-11(15)8-10/h4-6,8,12H,2-3,7,9,16H2,1H3. The van der Waals surface area contributed by atoms with Crippen molar-refractivity contribution in [2.75, 3.05) is 0 Å². The van der Waals surface area contributed by atoms with E-state index in [1.807, 2.05) is 6.07 Å². The lowest BCUT2D eigenvalue weighted by molar-refractivity contribution is 0.343. The van der Waals surface area contributed by atoms with Crippen molar-refractivity contribution >= 4 is 0 Å². The van der Waals surface area contributed by atoms with Gasteiger partial charge in [-0.1, -0.05) is 37.1 Å². The number of nitrogens with zero attached hydrogens (tertiary/aromatic N) is 2. The third-order valence-electron chi connectivity index (χ3n) is 2.92. The van der Waals surface area contributed by atoms with Crippen molar-refractivity contribution in [3.8, 4) is 0 Å². The fourth-order valence-electron chi connectivity index (χ4n) is 1.87. The monoisotopic (exact) mass is 263 g/mol. The number of benzene rings is 1. The van der Waals surface area contributed by atoms with Gasteiger partial charge >= 0.3 is 0 Å². The number of hydrogen-bond acceptors (Lipinski definition) is 4. The average Bonchev–Trinajstić information content (AvgIpc) is 2.84. The summed E-state index contributed by atoms with van der Waals surface area (Å²) in [5.41, 5.74) is 6.77. The molecule has 0 saturated heterocycles. The molecule has 1 aromatic heterocycles. The topological polar surface area (TPSA) is 64.9 Å². The van der Waals surface area contributed by atoms with Crippen molar-refractivity contribution < 1.29 is 8.91 Å². The Hall–Kier alpha value is -1.75. The maximum atomic E-state index is 13.1. The molecule has 0 saturated carbocycles. The molecule has 1 unspecified atom stereocenters. The zero-order valence-corrected chi connectivity index (χ0v) is 11.0. The Balaban J connectivity index is 2.01. The van der Waals surface area contributed by atoms with Crippen molar-refractivity contribution in [3.63, 3.8) is 0 Å². The summed E-state index contributed by atoms with van der Waals surface area (Å²) < 4.78 is 18.2. The molecule has 0 fully saturated rings. The van der Waals surface area contributed by atoms with E-state index in [1.165, 1.54) is 12.1 Å². The largest absolute Gasteiger partial charge is 0.338 e. The normalized spacial score (nSPS) is 12.6. The van der Waals surface area contributed by atoms with E-state index in [4.69, 9.17) is 10.3 Å². The first-order valence-corrected chi connectivity index (χ1v) is 6.51. The smallest absolute Gasteiger partial charge is 0.243 e. The van der Waals surface area contributed by atoms with Gasteiger partial charge < -0.3 is 10.3 Å². The molecule has 0 aliphatic carbocycles. The highest BCUT2D eigenvalue weighted by molar-refractivity contribution is 5.19. The van der Waals surface area contributed by atoms with Gasteiger partial charge in [-0.05, 0) is 24.1 Å². The Morgan fingerprint density at radius 1 is 1.42 bits per heavy atom. The van der Waals surface area contributed by atoms with Gasteiger partial charge in [-0.2, -0.15) is 4.98 Å². The summed E-state index contributed by atoms with van der Waals surface area (Å²) in [6.45, 7) is 2.11. The lowest BCUT2D eigenvalue weighted by Crippen LogP contribution is -2.10. The fraction of sp³-hybridized carbons (Fsp3) is 0.429. The summed E-state index contributed by atoms with van der Waals surface area (Å²) in [6.07, 6.45) is 3.39. The predicted molar refractivity (Wildman–Crippen MR) is 70.0 cm³/mol. The molecule has 1 aromatic carbocycles. The second-order valence-corrected chi connectivity index (χ2v) is 4.60. The molecule has 0 aliphatic rings. The molecule has 102 valence electrons. The van der Waals surface area contributed by atoms with Gasteiger partial charge in [0.1, 0.15) is 5.82 Å². The Morgan fingerprint density at radius 3 is 3.00 bits per heavy atom. The third kappa shape index (κ3) is 3.86. The number of unbranched alkanes of at least 4 members (excludes halogenated alkanes) is 1. The number of rotatable bonds is 6. The van der Waals surface area contributed by atoms with E-state index in [0.29, 0.717) is 18.1 Å². The number of halogens is 1. The molecule has 5 heteroatoms. The SMILES string of the molecule is CCCCC(N)c1nc(Cc2cccc(F)c2)no1. The van der Waals surface area contributed by atoms with Crippen LogP contribution >= 0.6 is 0 Å². The van der Waals surface area contributed by atoms with Crippen LogP contribution in [0, 0.1) is 5.82 Å². The van der Waals surface area contributed by atoms with Gasteiger partial charge in [0.2, 0.25) is 5.89 Å². The molecule has 0 amide bonds. The van der Waals surface area contributed by atoms with E-state index in [1.54, 1.807) is 6.07 Å². The quantitative estimate of drug-likeness (QED) is 0.870. The van der Waals surface area contributed by atoms with E-state index >= 15 is 0 Å². The summed E-state index contributed by atoms with van der Waals surface area (Å²) in [6, 6.07) is 6.15. The summed E-state index contributed by atoms with van der Waals surface area (Å²) in [4.78, 5) is 4.26. The van der Waals surface area contributed by atoms with Gasteiger partial charge in [0.05, 0.1) is 6.04 Å². The van der Waals surface area contributed by atoms with Gasteiger partial charge in [0, 0.05) is 6.42 Å². The van der Waals surface area contributed by atoms with E-state index < -0.39 is 0 Å². The van der Waals surface area contributed by atoms with E-state index in [0.717, 1.165) is 24.8 Å². The summed E-state index contributed by atoms with van der Waals surface area (Å²) in [7, 11) is 0. The molecule has 0 bridgehead atoms. The average molecular weight is 263 g/mol. The van der Waals surface area contributed by atoms with Crippen LogP contribution in [0.3, 0.4) is 0 Å². The molecule has 2 rings (SSSR count). The summed E-state index contributed by atoms with van der Waals surface area (Å²) >= 11 is 0. The van der Waals surface area contributed by atoms with Crippen molar-refractivity contribution in [1.82, 2.24) is 10.1 Å². The van der Waals surface area contributed by atoms with Gasteiger partial charge in [-0.15, -0.1) is 0 Å². The van der Waals surface area contributed by atoms with Crippen molar-refractivity contribution in [1.29, 1.82) is 0 Å². The zero-order valence-electron chi connectivity index (χ0n) is 11.0. The maximum Gasteiger partial charge on any atom is 0.243 e. The van der Waals surface area contributed by atoms with Crippen LogP contribution in [-0.4, -0.2) is 10.1 Å². The second kappa shape index (κ2) is 6.43. The first kappa shape index (κ1) is 13.7.